The van der Waals surface area contributed by atoms with Crippen molar-refractivity contribution in [1.82, 2.24) is 4.90 Å². The van der Waals surface area contributed by atoms with Crippen LogP contribution in [0.1, 0.15) is 36.8 Å². The van der Waals surface area contributed by atoms with E-state index in [4.69, 9.17) is 16.3 Å². The van der Waals surface area contributed by atoms with Gasteiger partial charge in [-0.3, -0.25) is 4.90 Å². The van der Waals surface area contributed by atoms with E-state index in [1.807, 2.05) is 0 Å². The summed E-state index contributed by atoms with van der Waals surface area (Å²) >= 11 is 6.15. The van der Waals surface area contributed by atoms with Crippen LogP contribution in [0.4, 0.5) is 0 Å². The zero-order valence-electron chi connectivity index (χ0n) is 12.1. The average Bonchev–Trinajstić information content (AvgIpc) is 2.82. The van der Waals surface area contributed by atoms with E-state index in [1.165, 1.54) is 43.4 Å². The van der Waals surface area contributed by atoms with Gasteiger partial charge in [0.25, 0.3) is 0 Å². The van der Waals surface area contributed by atoms with E-state index in [1.54, 1.807) is 0 Å². The highest BCUT2D eigenvalue weighted by molar-refractivity contribution is 6.18. The Morgan fingerprint density at radius 3 is 3.10 bits per heavy atom. The van der Waals surface area contributed by atoms with Crippen molar-refractivity contribution in [2.75, 3.05) is 25.6 Å². The van der Waals surface area contributed by atoms with Gasteiger partial charge in [-0.05, 0) is 43.0 Å². The van der Waals surface area contributed by atoms with Crippen LogP contribution >= 0.6 is 11.6 Å². The summed E-state index contributed by atoms with van der Waals surface area (Å²) in [6.45, 7) is 3.20. The zero-order valence-corrected chi connectivity index (χ0v) is 12.9. The summed E-state index contributed by atoms with van der Waals surface area (Å²) in [5.74, 6) is 1.86. The lowest BCUT2D eigenvalue weighted by Gasteiger charge is -2.28. The van der Waals surface area contributed by atoms with E-state index in [0.717, 1.165) is 37.6 Å². The third-order valence-corrected chi connectivity index (χ3v) is 4.97. The van der Waals surface area contributed by atoms with Crippen LogP contribution in [0.25, 0.3) is 0 Å². The number of alkyl halides is 1. The molecule has 0 spiro atoms. The minimum absolute atomic E-state index is 0.580. The monoisotopic (exact) mass is 293 g/mol. The molecule has 0 aromatic heterocycles. The molecule has 110 valence electrons. The minimum atomic E-state index is 0.580. The summed E-state index contributed by atoms with van der Waals surface area (Å²) < 4.78 is 5.57. The summed E-state index contributed by atoms with van der Waals surface area (Å²) in [4.78, 5) is 2.60. The summed E-state index contributed by atoms with van der Waals surface area (Å²) in [5.41, 5.74) is 2.82. The summed E-state index contributed by atoms with van der Waals surface area (Å²) in [6, 6.07) is 7.27. The first-order valence-electron chi connectivity index (χ1n) is 7.91. The second-order valence-electron chi connectivity index (χ2n) is 5.98. The largest absolute Gasteiger partial charge is 0.493 e. The molecular weight excluding hydrogens is 270 g/mol. The number of rotatable bonds is 4. The second-order valence-corrected chi connectivity index (χ2v) is 6.29. The molecule has 3 heteroatoms. The number of likely N-dealkylation sites (tertiary alicyclic amines) is 1. The molecule has 1 fully saturated rings. The van der Waals surface area contributed by atoms with Crippen LogP contribution in [-0.4, -0.2) is 36.5 Å². The first kappa shape index (κ1) is 14.2. The fourth-order valence-corrected chi connectivity index (χ4v) is 3.72. The Balaban J connectivity index is 1.60. The Labute approximate surface area is 127 Å². The molecule has 0 N–H and O–H groups in total. The number of nitrogens with zero attached hydrogens (tertiary/aromatic N) is 1. The van der Waals surface area contributed by atoms with Crippen LogP contribution < -0.4 is 4.74 Å². The lowest BCUT2D eigenvalue weighted by atomic mass is 10.1. The fourth-order valence-electron chi connectivity index (χ4n) is 3.37. The SMILES string of the molecule is ClCC1CCCCCN1CCc1ccc2c(c1)CCO2. The van der Waals surface area contributed by atoms with Crippen molar-refractivity contribution in [3.05, 3.63) is 29.3 Å². The quantitative estimate of drug-likeness (QED) is 0.786. The molecule has 1 aromatic carbocycles. The number of halogens is 1. The van der Waals surface area contributed by atoms with Crippen molar-refractivity contribution in [3.63, 3.8) is 0 Å². The van der Waals surface area contributed by atoms with Gasteiger partial charge in [-0.1, -0.05) is 25.0 Å². The van der Waals surface area contributed by atoms with E-state index >= 15 is 0 Å². The van der Waals surface area contributed by atoms with Gasteiger partial charge in [0.15, 0.2) is 0 Å². The molecule has 0 radical (unpaired) electrons. The molecule has 1 saturated heterocycles. The van der Waals surface area contributed by atoms with Gasteiger partial charge < -0.3 is 4.74 Å². The maximum Gasteiger partial charge on any atom is 0.122 e. The van der Waals surface area contributed by atoms with Gasteiger partial charge in [-0.25, -0.2) is 0 Å². The Morgan fingerprint density at radius 1 is 1.25 bits per heavy atom. The third kappa shape index (κ3) is 3.29. The van der Waals surface area contributed by atoms with Crippen molar-refractivity contribution < 1.29 is 4.74 Å². The van der Waals surface area contributed by atoms with Crippen molar-refractivity contribution in [3.8, 4) is 5.75 Å². The minimum Gasteiger partial charge on any atom is -0.493 e. The Hall–Kier alpha value is -0.730. The van der Waals surface area contributed by atoms with E-state index < -0.39 is 0 Å². The van der Waals surface area contributed by atoms with Gasteiger partial charge in [0, 0.05) is 24.9 Å². The van der Waals surface area contributed by atoms with Gasteiger partial charge in [0.05, 0.1) is 6.61 Å². The Morgan fingerprint density at radius 2 is 2.20 bits per heavy atom. The van der Waals surface area contributed by atoms with Crippen molar-refractivity contribution in [2.24, 2.45) is 0 Å². The topological polar surface area (TPSA) is 12.5 Å². The number of ether oxygens (including phenoxy) is 1. The molecule has 0 saturated carbocycles. The summed E-state index contributed by atoms with van der Waals surface area (Å²) in [6.07, 6.45) is 7.48. The van der Waals surface area contributed by atoms with Crippen molar-refractivity contribution >= 4 is 11.6 Å². The third-order valence-electron chi connectivity index (χ3n) is 4.62. The van der Waals surface area contributed by atoms with Crippen LogP contribution in [0.15, 0.2) is 18.2 Å². The molecule has 2 aliphatic rings. The van der Waals surface area contributed by atoms with Crippen LogP contribution in [0.5, 0.6) is 5.75 Å². The average molecular weight is 294 g/mol. The fraction of sp³-hybridized carbons (Fsp3) is 0.647. The van der Waals surface area contributed by atoms with Gasteiger partial charge in [-0.2, -0.15) is 0 Å². The van der Waals surface area contributed by atoms with Crippen LogP contribution in [0.2, 0.25) is 0 Å². The zero-order chi connectivity index (χ0) is 13.8. The predicted octanol–water partition coefficient (Wildman–Crippen LogP) is 3.65. The van der Waals surface area contributed by atoms with Gasteiger partial charge in [0.1, 0.15) is 5.75 Å². The molecule has 0 aliphatic carbocycles. The van der Waals surface area contributed by atoms with Crippen LogP contribution in [0, 0.1) is 0 Å². The molecule has 1 atom stereocenters. The summed E-state index contributed by atoms with van der Waals surface area (Å²) in [7, 11) is 0. The molecule has 20 heavy (non-hydrogen) atoms. The van der Waals surface area contributed by atoms with Crippen LogP contribution in [-0.2, 0) is 12.8 Å². The highest BCUT2D eigenvalue weighted by Crippen LogP contribution is 2.26. The molecule has 2 nitrogen and oxygen atoms in total. The molecule has 2 aliphatic heterocycles. The lowest BCUT2D eigenvalue weighted by molar-refractivity contribution is 0.219. The number of benzene rings is 1. The molecular formula is C17H24ClNO. The van der Waals surface area contributed by atoms with Crippen molar-refractivity contribution in [2.45, 2.75) is 44.6 Å². The molecule has 2 heterocycles. The normalized spacial score (nSPS) is 23.1. The summed E-state index contributed by atoms with van der Waals surface area (Å²) in [5, 5.41) is 0. The number of hydrogen-bond donors (Lipinski definition) is 0. The van der Waals surface area contributed by atoms with Gasteiger partial charge >= 0.3 is 0 Å². The highest BCUT2D eigenvalue weighted by Gasteiger charge is 2.20. The Bertz CT molecular complexity index is 449. The molecule has 3 rings (SSSR count). The second kappa shape index (κ2) is 6.82. The molecule has 0 bridgehead atoms. The maximum absolute atomic E-state index is 6.15. The van der Waals surface area contributed by atoms with E-state index in [0.29, 0.717) is 6.04 Å². The number of fused-ring (bicyclic) bond motifs is 1. The van der Waals surface area contributed by atoms with Crippen molar-refractivity contribution in [1.29, 1.82) is 0 Å². The van der Waals surface area contributed by atoms with E-state index in [2.05, 4.69) is 23.1 Å². The standard InChI is InChI=1S/C17H24ClNO/c18-13-16-4-2-1-3-9-19(16)10-7-14-5-6-17-15(12-14)8-11-20-17/h5-6,12,16H,1-4,7-11,13H2. The highest BCUT2D eigenvalue weighted by atomic mass is 35.5. The molecule has 1 unspecified atom stereocenters. The predicted molar refractivity (Wildman–Crippen MR) is 83.9 cm³/mol. The molecule has 1 aromatic rings. The number of hydrogen-bond acceptors (Lipinski definition) is 2. The maximum atomic E-state index is 6.15. The molecule has 0 amide bonds. The first-order valence-corrected chi connectivity index (χ1v) is 8.45. The lowest BCUT2D eigenvalue weighted by Crippen LogP contribution is -2.37. The Kier molecular flexibility index (Phi) is 4.85. The van der Waals surface area contributed by atoms with Crippen LogP contribution in [0.3, 0.4) is 0 Å². The first-order chi connectivity index (χ1) is 9.86. The smallest absolute Gasteiger partial charge is 0.122 e. The van der Waals surface area contributed by atoms with Gasteiger partial charge in [0.2, 0.25) is 0 Å². The van der Waals surface area contributed by atoms with E-state index in [9.17, 15) is 0 Å². The van der Waals surface area contributed by atoms with Gasteiger partial charge in [-0.15, -0.1) is 11.6 Å². The van der Waals surface area contributed by atoms with E-state index in [-0.39, 0.29) is 0 Å².